The summed E-state index contributed by atoms with van der Waals surface area (Å²) in [6.45, 7) is 0. The second-order valence-electron chi connectivity index (χ2n) is 4.98. The molecule has 0 saturated heterocycles. The van der Waals surface area contributed by atoms with Gasteiger partial charge in [-0.3, -0.25) is 0 Å². The van der Waals surface area contributed by atoms with Crippen LogP contribution in [-0.2, 0) is 42.3 Å². The van der Waals surface area contributed by atoms with Crippen LogP contribution in [0.5, 0.6) is 0 Å². The molecule has 0 aliphatic rings. The van der Waals surface area contributed by atoms with E-state index in [1.54, 1.807) is 14.1 Å². The monoisotopic (exact) mass is 445 g/mol. The Bertz CT molecular complexity index is 833. The summed E-state index contributed by atoms with van der Waals surface area (Å²) in [6, 6.07) is 18.0. The van der Waals surface area contributed by atoms with Crippen molar-refractivity contribution in [1.29, 1.82) is 0 Å². The summed E-state index contributed by atoms with van der Waals surface area (Å²) in [6.07, 6.45) is 1.49. The summed E-state index contributed by atoms with van der Waals surface area (Å²) in [4.78, 5) is 0. The normalized spacial score (nSPS) is 12.6. The molecule has 2 aromatic carbocycles. The number of rotatable bonds is 5. The van der Waals surface area contributed by atoms with E-state index in [2.05, 4.69) is 43.2 Å². The van der Waals surface area contributed by atoms with Crippen molar-refractivity contribution >= 4 is 47.5 Å². The van der Waals surface area contributed by atoms with E-state index in [-0.39, 0.29) is 27.4 Å². The van der Waals surface area contributed by atoms with Gasteiger partial charge in [-0.2, -0.15) is 15.3 Å². The number of nitrogens with one attached hydrogen (secondary N) is 2. The van der Waals surface area contributed by atoms with Crippen LogP contribution < -0.4 is 10.6 Å². The fourth-order valence-corrected chi connectivity index (χ4v) is 2.05. The molecule has 0 aliphatic heterocycles. The molecule has 2 rings (SSSR count). The van der Waals surface area contributed by atoms with Gasteiger partial charge in [-0.1, -0.05) is 54.6 Å². The predicted octanol–water partition coefficient (Wildman–Crippen LogP) is 2.29. The zero-order chi connectivity index (χ0) is 18.8. The summed E-state index contributed by atoms with van der Waals surface area (Å²) in [5.41, 5.74) is 3.60. The molecule has 0 aliphatic carbocycles. The molecule has 1 radical (unpaired) electrons. The number of hydrogen-bond acceptors (Lipinski definition) is 6. The van der Waals surface area contributed by atoms with Gasteiger partial charge in [-0.05, 0) is 21.5 Å². The fraction of sp³-hybridized carbons (Fsp3) is 0.111. The van der Waals surface area contributed by atoms with Crippen LogP contribution in [0.4, 0.5) is 0 Å². The first-order chi connectivity index (χ1) is 12.6. The van der Waals surface area contributed by atoms with Crippen molar-refractivity contribution < 1.29 is 17.1 Å². The molecule has 0 aromatic heterocycles. The molecule has 0 fully saturated rings. The SMILES string of the molecule is CNC([S-])=NN=CC(=NN=C([S-])NC)c1ccc(-c2ccccc2)cc1.[Cu+2]. The van der Waals surface area contributed by atoms with Gasteiger partial charge in [0.15, 0.2) is 0 Å². The quantitative estimate of drug-likeness (QED) is 0.243. The average molecular weight is 446 g/mol. The number of amidine groups is 2. The van der Waals surface area contributed by atoms with Gasteiger partial charge < -0.3 is 35.9 Å². The van der Waals surface area contributed by atoms with Crippen molar-refractivity contribution in [2.24, 2.45) is 20.4 Å². The van der Waals surface area contributed by atoms with Crippen molar-refractivity contribution in [2.45, 2.75) is 0 Å². The third-order valence-corrected chi connectivity index (χ3v) is 3.86. The van der Waals surface area contributed by atoms with E-state index in [0.29, 0.717) is 5.71 Å². The van der Waals surface area contributed by atoms with Gasteiger partial charge in [0.05, 0.1) is 6.21 Å². The topological polar surface area (TPSA) is 73.5 Å². The Morgan fingerprint density at radius 2 is 1.33 bits per heavy atom. The van der Waals surface area contributed by atoms with E-state index in [4.69, 9.17) is 25.3 Å². The van der Waals surface area contributed by atoms with Gasteiger partial charge in [-0.25, -0.2) is 0 Å². The van der Waals surface area contributed by atoms with Gasteiger partial charge in [0.1, 0.15) is 5.71 Å². The molecule has 143 valence electrons. The third kappa shape index (κ3) is 7.44. The van der Waals surface area contributed by atoms with Crippen molar-refractivity contribution in [3.05, 3.63) is 60.2 Å². The minimum atomic E-state index is 0. The molecular formula is C18H18CuN6S2. The number of hydrogen-bond donors (Lipinski definition) is 2. The third-order valence-electron chi connectivity index (χ3n) is 3.29. The molecule has 0 amide bonds. The largest absolute Gasteiger partial charge is 2.00 e. The average Bonchev–Trinajstić information content (AvgIpc) is 2.70. The van der Waals surface area contributed by atoms with Gasteiger partial charge in [-0.15, -0.1) is 5.10 Å². The molecule has 6 nitrogen and oxygen atoms in total. The van der Waals surface area contributed by atoms with Crippen LogP contribution in [0.25, 0.3) is 11.1 Å². The van der Waals surface area contributed by atoms with Gasteiger partial charge in [0.25, 0.3) is 0 Å². The molecule has 2 N–H and O–H groups in total. The summed E-state index contributed by atoms with van der Waals surface area (Å²) >= 11 is 9.93. The standard InChI is InChI=1S/C18H20N6S2.Cu/c1-19-17(25)23-21-12-16(22-24-18(26)20-2)15-10-8-14(9-11-15)13-6-4-3-5-7-13;/h3-12H,1-2H3,(H2,19,23,25)(H2,20,24,26);/q;+2/p-2. The maximum absolute atomic E-state index is 5.00. The minimum Gasteiger partial charge on any atom is -0.741 e. The Balaban J connectivity index is 0.00000364. The summed E-state index contributed by atoms with van der Waals surface area (Å²) < 4.78 is 0. The van der Waals surface area contributed by atoms with Crippen LogP contribution in [0.2, 0.25) is 0 Å². The van der Waals surface area contributed by atoms with Crippen molar-refractivity contribution in [2.75, 3.05) is 14.1 Å². The Kier molecular flexibility index (Phi) is 10.2. The summed E-state index contributed by atoms with van der Waals surface area (Å²) in [7, 11) is 3.36. The summed E-state index contributed by atoms with van der Waals surface area (Å²) in [5, 5.41) is 21.9. The van der Waals surface area contributed by atoms with Crippen LogP contribution in [0, 0.1) is 0 Å². The van der Waals surface area contributed by atoms with Crippen LogP contribution in [0.3, 0.4) is 0 Å². The van der Waals surface area contributed by atoms with E-state index in [1.165, 1.54) is 6.21 Å². The fourth-order valence-electron chi connectivity index (χ4n) is 1.96. The molecule has 0 atom stereocenters. The predicted molar refractivity (Wildman–Crippen MR) is 115 cm³/mol. The number of benzene rings is 2. The zero-order valence-electron chi connectivity index (χ0n) is 14.7. The molecule has 0 heterocycles. The van der Waals surface area contributed by atoms with Gasteiger partial charge in [0, 0.05) is 19.7 Å². The second-order valence-corrected chi connectivity index (χ2v) is 5.76. The van der Waals surface area contributed by atoms with E-state index >= 15 is 0 Å². The van der Waals surface area contributed by atoms with Crippen molar-refractivity contribution in [1.82, 2.24) is 10.6 Å². The Morgan fingerprint density at radius 1 is 0.778 bits per heavy atom. The van der Waals surface area contributed by atoms with Crippen LogP contribution >= 0.6 is 0 Å². The van der Waals surface area contributed by atoms with Gasteiger partial charge >= 0.3 is 17.1 Å². The van der Waals surface area contributed by atoms with Crippen LogP contribution in [0.1, 0.15) is 5.56 Å². The van der Waals surface area contributed by atoms with Crippen molar-refractivity contribution in [3.8, 4) is 11.1 Å². The molecule has 0 spiro atoms. The van der Waals surface area contributed by atoms with E-state index in [0.717, 1.165) is 16.7 Å². The first kappa shape index (κ1) is 22.7. The molecular weight excluding hydrogens is 428 g/mol. The van der Waals surface area contributed by atoms with E-state index in [1.807, 2.05) is 42.5 Å². The smallest absolute Gasteiger partial charge is 0.741 e. The Morgan fingerprint density at radius 3 is 1.93 bits per heavy atom. The summed E-state index contributed by atoms with van der Waals surface area (Å²) in [5.74, 6) is 0. The first-order valence-electron chi connectivity index (χ1n) is 7.76. The Labute approximate surface area is 180 Å². The molecule has 27 heavy (non-hydrogen) atoms. The second kappa shape index (κ2) is 12.1. The minimum absolute atomic E-state index is 0. The molecule has 0 saturated carbocycles. The molecule has 9 heteroatoms. The van der Waals surface area contributed by atoms with E-state index < -0.39 is 0 Å². The molecule has 2 aromatic rings. The zero-order valence-corrected chi connectivity index (χ0v) is 17.3. The molecule has 0 unspecified atom stereocenters. The molecule has 0 bridgehead atoms. The number of nitrogens with zero attached hydrogens (tertiary/aromatic N) is 4. The van der Waals surface area contributed by atoms with Crippen LogP contribution in [-0.4, -0.2) is 36.4 Å². The van der Waals surface area contributed by atoms with Crippen LogP contribution in [0.15, 0.2) is 75.0 Å². The van der Waals surface area contributed by atoms with E-state index in [9.17, 15) is 0 Å². The Hall–Kier alpha value is -2.32. The first-order valence-corrected chi connectivity index (χ1v) is 8.57. The maximum Gasteiger partial charge on any atom is 2.00 e. The van der Waals surface area contributed by atoms with Gasteiger partial charge in [0.2, 0.25) is 0 Å². The maximum atomic E-state index is 5.00. The van der Waals surface area contributed by atoms with Crippen molar-refractivity contribution in [3.63, 3.8) is 0 Å².